The van der Waals surface area contributed by atoms with Gasteiger partial charge in [0.15, 0.2) is 0 Å². The zero-order chi connectivity index (χ0) is 11.7. The van der Waals surface area contributed by atoms with Crippen LogP contribution in [-0.2, 0) is 0 Å². The van der Waals surface area contributed by atoms with Gasteiger partial charge in [0.1, 0.15) is 11.5 Å². The summed E-state index contributed by atoms with van der Waals surface area (Å²) in [5.41, 5.74) is 7.28. The molecule has 0 aliphatic rings. The van der Waals surface area contributed by atoms with Gasteiger partial charge in [-0.05, 0) is 12.1 Å². The predicted octanol–water partition coefficient (Wildman–Crippen LogP) is 3.70. The molecule has 0 amide bonds. The van der Waals surface area contributed by atoms with Crippen molar-refractivity contribution in [1.82, 2.24) is 4.98 Å². The fourth-order valence-corrected chi connectivity index (χ4v) is 1.77. The molecule has 4 heteroatoms. The highest BCUT2D eigenvalue weighted by Crippen LogP contribution is 2.31. The smallest absolute Gasteiger partial charge is 0.292 e. The first-order valence-corrected chi connectivity index (χ1v) is 5.48. The first-order valence-electron chi connectivity index (χ1n) is 5.10. The Balaban J connectivity index is 2.55. The third-order valence-electron chi connectivity index (χ3n) is 2.29. The number of nitrogens with two attached hydrogens (primary N) is 1. The van der Waals surface area contributed by atoms with Crippen molar-refractivity contribution in [3.8, 4) is 11.3 Å². The summed E-state index contributed by atoms with van der Waals surface area (Å²) < 4.78 is 5.39. The van der Waals surface area contributed by atoms with Crippen LogP contribution < -0.4 is 5.73 Å². The molecule has 0 aliphatic carbocycles. The van der Waals surface area contributed by atoms with Crippen LogP contribution >= 0.6 is 11.6 Å². The van der Waals surface area contributed by atoms with E-state index in [1.54, 1.807) is 0 Å². The highest BCUT2D eigenvalue weighted by molar-refractivity contribution is 6.30. The number of hydrogen-bond donors (Lipinski definition) is 1. The van der Waals surface area contributed by atoms with Crippen molar-refractivity contribution in [3.63, 3.8) is 0 Å². The molecule has 0 saturated carbocycles. The molecule has 0 fully saturated rings. The number of rotatable bonds is 2. The molecule has 0 unspecified atom stereocenters. The van der Waals surface area contributed by atoms with Crippen LogP contribution in [0.3, 0.4) is 0 Å². The lowest BCUT2D eigenvalue weighted by molar-refractivity contribution is 0.500. The molecular weight excluding hydrogens is 224 g/mol. The van der Waals surface area contributed by atoms with E-state index in [2.05, 4.69) is 4.98 Å². The molecule has 2 rings (SSSR count). The third-order valence-corrected chi connectivity index (χ3v) is 2.53. The highest BCUT2D eigenvalue weighted by Gasteiger charge is 2.16. The predicted molar refractivity (Wildman–Crippen MR) is 65.5 cm³/mol. The van der Waals surface area contributed by atoms with E-state index in [1.165, 1.54) is 0 Å². The SMILES string of the molecule is CC(C)c1oc(N)nc1-c1cccc(Cl)c1. The number of hydrogen-bond acceptors (Lipinski definition) is 3. The largest absolute Gasteiger partial charge is 0.428 e. The number of nitrogens with zero attached hydrogens (tertiary/aromatic N) is 1. The number of aromatic nitrogens is 1. The standard InChI is InChI=1S/C12H13ClN2O/c1-7(2)11-10(15-12(14)16-11)8-4-3-5-9(13)6-8/h3-7H,1-2H3,(H2,14,15). The first-order chi connectivity index (χ1) is 7.58. The summed E-state index contributed by atoms with van der Waals surface area (Å²) in [5.74, 6) is 1.03. The van der Waals surface area contributed by atoms with Crippen molar-refractivity contribution in [2.75, 3.05) is 5.73 Å². The molecule has 2 aromatic rings. The summed E-state index contributed by atoms with van der Waals surface area (Å²) >= 11 is 5.94. The van der Waals surface area contributed by atoms with E-state index in [4.69, 9.17) is 21.8 Å². The molecule has 84 valence electrons. The van der Waals surface area contributed by atoms with Crippen LogP contribution in [0.25, 0.3) is 11.3 Å². The fourth-order valence-electron chi connectivity index (χ4n) is 1.58. The molecular formula is C12H13ClN2O. The molecule has 0 saturated heterocycles. The zero-order valence-corrected chi connectivity index (χ0v) is 9.95. The second kappa shape index (κ2) is 4.18. The molecule has 2 N–H and O–H groups in total. The lowest BCUT2D eigenvalue weighted by Crippen LogP contribution is -1.88. The summed E-state index contributed by atoms with van der Waals surface area (Å²) in [4.78, 5) is 4.20. The van der Waals surface area contributed by atoms with Gasteiger partial charge in [-0.1, -0.05) is 37.6 Å². The van der Waals surface area contributed by atoms with Crippen molar-refractivity contribution in [2.45, 2.75) is 19.8 Å². The number of nitrogen functional groups attached to an aromatic ring is 1. The Morgan fingerprint density at radius 2 is 2.12 bits per heavy atom. The van der Waals surface area contributed by atoms with E-state index in [9.17, 15) is 0 Å². The maximum absolute atomic E-state index is 5.94. The van der Waals surface area contributed by atoms with Gasteiger partial charge in [-0.2, -0.15) is 4.98 Å². The minimum Gasteiger partial charge on any atom is -0.428 e. The Morgan fingerprint density at radius 1 is 1.38 bits per heavy atom. The fraction of sp³-hybridized carbons (Fsp3) is 0.250. The second-order valence-electron chi connectivity index (χ2n) is 3.93. The van der Waals surface area contributed by atoms with Crippen molar-refractivity contribution in [1.29, 1.82) is 0 Å². The molecule has 1 aromatic heterocycles. The third kappa shape index (κ3) is 2.04. The Labute approximate surface area is 99.2 Å². The van der Waals surface area contributed by atoms with Gasteiger partial charge < -0.3 is 10.2 Å². The normalized spacial score (nSPS) is 11.0. The van der Waals surface area contributed by atoms with Crippen LogP contribution in [-0.4, -0.2) is 4.98 Å². The van der Waals surface area contributed by atoms with Crippen molar-refractivity contribution in [2.24, 2.45) is 0 Å². The molecule has 0 bridgehead atoms. The van der Waals surface area contributed by atoms with Crippen LogP contribution in [0.15, 0.2) is 28.7 Å². The van der Waals surface area contributed by atoms with Crippen molar-refractivity contribution in [3.05, 3.63) is 35.0 Å². The van der Waals surface area contributed by atoms with Gasteiger partial charge in [0.05, 0.1) is 0 Å². The molecule has 3 nitrogen and oxygen atoms in total. The van der Waals surface area contributed by atoms with Gasteiger partial charge in [0.2, 0.25) is 0 Å². The number of halogens is 1. The average molecular weight is 237 g/mol. The van der Waals surface area contributed by atoms with Crippen LogP contribution in [0.1, 0.15) is 25.5 Å². The molecule has 0 spiro atoms. The van der Waals surface area contributed by atoms with E-state index in [1.807, 2.05) is 38.1 Å². The van der Waals surface area contributed by atoms with Crippen molar-refractivity contribution >= 4 is 17.6 Å². The first kappa shape index (κ1) is 11.0. The van der Waals surface area contributed by atoms with E-state index in [0.717, 1.165) is 17.0 Å². The van der Waals surface area contributed by atoms with Gasteiger partial charge in [0, 0.05) is 16.5 Å². The Hall–Kier alpha value is -1.48. The highest BCUT2D eigenvalue weighted by atomic mass is 35.5. The molecule has 0 radical (unpaired) electrons. The number of benzene rings is 1. The maximum Gasteiger partial charge on any atom is 0.292 e. The van der Waals surface area contributed by atoms with E-state index >= 15 is 0 Å². The van der Waals surface area contributed by atoms with E-state index in [-0.39, 0.29) is 11.9 Å². The minimum atomic E-state index is 0.193. The van der Waals surface area contributed by atoms with Gasteiger partial charge in [-0.3, -0.25) is 0 Å². The second-order valence-corrected chi connectivity index (χ2v) is 4.37. The monoisotopic (exact) mass is 236 g/mol. The van der Waals surface area contributed by atoms with Gasteiger partial charge in [0.25, 0.3) is 6.01 Å². The minimum absolute atomic E-state index is 0.193. The van der Waals surface area contributed by atoms with E-state index in [0.29, 0.717) is 5.02 Å². The quantitative estimate of drug-likeness (QED) is 0.865. The molecule has 0 atom stereocenters. The zero-order valence-electron chi connectivity index (χ0n) is 9.20. The molecule has 1 heterocycles. The number of anilines is 1. The molecule has 0 aliphatic heterocycles. The van der Waals surface area contributed by atoms with Crippen LogP contribution in [0.2, 0.25) is 5.02 Å². The van der Waals surface area contributed by atoms with Crippen LogP contribution in [0.4, 0.5) is 6.01 Å². The lowest BCUT2D eigenvalue weighted by Gasteiger charge is -2.03. The lowest BCUT2D eigenvalue weighted by atomic mass is 10.0. The number of oxazole rings is 1. The topological polar surface area (TPSA) is 52.0 Å². The van der Waals surface area contributed by atoms with E-state index < -0.39 is 0 Å². The Kier molecular flexibility index (Phi) is 2.88. The molecule has 16 heavy (non-hydrogen) atoms. The van der Waals surface area contributed by atoms with Crippen LogP contribution in [0, 0.1) is 0 Å². The maximum atomic E-state index is 5.94. The Morgan fingerprint density at radius 3 is 2.75 bits per heavy atom. The Bertz CT molecular complexity index is 505. The summed E-state index contributed by atoms with van der Waals surface area (Å²) in [6.45, 7) is 4.07. The van der Waals surface area contributed by atoms with Crippen LogP contribution in [0.5, 0.6) is 0 Å². The van der Waals surface area contributed by atoms with Crippen molar-refractivity contribution < 1.29 is 4.42 Å². The summed E-state index contributed by atoms with van der Waals surface area (Å²) in [6, 6.07) is 7.69. The van der Waals surface area contributed by atoms with Gasteiger partial charge in [-0.25, -0.2) is 0 Å². The summed E-state index contributed by atoms with van der Waals surface area (Å²) in [7, 11) is 0. The average Bonchev–Trinajstić information content (AvgIpc) is 2.60. The van der Waals surface area contributed by atoms with Gasteiger partial charge in [-0.15, -0.1) is 0 Å². The van der Waals surface area contributed by atoms with Gasteiger partial charge >= 0.3 is 0 Å². The summed E-state index contributed by atoms with van der Waals surface area (Å²) in [6.07, 6.45) is 0. The molecule has 1 aromatic carbocycles. The summed E-state index contributed by atoms with van der Waals surface area (Å²) in [5, 5.41) is 0.675.